The summed E-state index contributed by atoms with van der Waals surface area (Å²) in [6, 6.07) is 15.8. The van der Waals surface area contributed by atoms with Crippen molar-refractivity contribution in [1.82, 2.24) is 9.88 Å². The van der Waals surface area contributed by atoms with Gasteiger partial charge in [-0.05, 0) is 49.1 Å². The minimum atomic E-state index is 0.151. The normalized spacial score (nSPS) is 16.1. The molecule has 1 aliphatic heterocycles. The molecule has 5 nitrogen and oxygen atoms in total. The zero-order valence-electron chi connectivity index (χ0n) is 17.0. The zero-order valence-corrected chi connectivity index (χ0v) is 17.8. The van der Waals surface area contributed by atoms with Gasteiger partial charge >= 0.3 is 0 Å². The van der Waals surface area contributed by atoms with Crippen LogP contribution in [0.4, 0.5) is 0 Å². The van der Waals surface area contributed by atoms with Crippen LogP contribution in [0.15, 0.2) is 59.1 Å². The van der Waals surface area contributed by atoms with E-state index in [0.29, 0.717) is 29.5 Å². The largest absolute Gasteiger partial charge is 0.497 e. The van der Waals surface area contributed by atoms with Crippen molar-refractivity contribution < 1.29 is 13.9 Å². The number of aromatic nitrogens is 1. The SMILES string of the molecule is COc1cccc(CC2CCCN2C(=O)CCc2ncc(-c3ccccc3Cl)o2)c1. The third kappa shape index (κ3) is 4.68. The second-order valence-corrected chi connectivity index (χ2v) is 7.94. The summed E-state index contributed by atoms with van der Waals surface area (Å²) in [5.41, 5.74) is 2.00. The van der Waals surface area contributed by atoms with E-state index < -0.39 is 0 Å². The number of amides is 1. The lowest BCUT2D eigenvalue weighted by Gasteiger charge is -2.25. The lowest BCUT2D eigenvalue weighted by Crippen LogP contribution is -2.36. The van der Waals surface area contributed by atoms with Crippen molar-refractivity contribution >= 4 is 17.5 Å². The van der Waals surface area contributed by atoms with Gasteiger partial charge in [-0.3, -0.25) is 4.79 Å². The molecule has 1 amide bonds. The molecular weight excluding hydrogens is 400 g/mol. The van der Waals surface area contributed by atoms with Crippen molar-refractivity contribution in [3.63, 3.8) is 0 Å². The van der Waals surface area contributed by atoms with Gasteiger partial charge in [0, 0.05) is 31.0 Å². The Balaban J connectivity index is 1.36. The monoisotopic (exact) mass is 424 g/mol. The first-order chi connectivity index (χ1) is 14.6. The van der Waals surface area contributed by atoms with Crippen molar-refractivity contribution in [2.45, 2.75) is 38.1 Å². The van der Waals surface area contributed by atoms with Crippen LogP contribution in [0.1, 0.15) is 30.7 Å². The number of hydrogen-bond donors (Lipinski definition) is 0. The molecule has 0 N–H and O–H groups in total. The number of aryl methyl sites for hydroxylation is 1. The molecule has 1 aliphatic rings. The number of rotatable bonds is 7. The van der Waals surface area contributed by atoms with Gasteiger partial charge in [-0.2, -0.15) is 0 Å². The molecule has 1 aromatic heterocycles. The van der Waals surface area contributed by atoms with E-state index in [4.69, 9.17) is 20.8 Å². The molecule has 0 bridgehead atoms. The van der Waals surface area contributed by atoms with Crippen molar-refractivity contribution in [2.75, 3.05) is 13.7 Å². The summed E-state index contributed by atoms with van der Waals surface area (Å²) in [5.74, 6) is 2.18. The summed E-state index contributed by atoms with van der Waals surface area (Å²) in [6.07, 6.45) is 5.44. The average molecular weight is 425 g/mol. The summed E-state index contributed by atoms with van der Waals surface area (Å²) < 4.78 is 11.1. The van der Waals surface area contributed by atoms with Crippen LogP contribution in [0.5, 0.6) is 5.75 Å². The van der Waals surface area contributed by atoms with Crippen LogP contribution >= 0.6 is 11.6 Å². The molecule has 0 radical (unpaired) electrons. The molecule has 156 valence electrons. The van der Waals surface area contributed by atoms with E-state index in [0.717, 1.165) is 37.1 Å². The van der Waals surface area contributed by atoms with Gasteiger partial charge in [0.25, 0.3) is 0 Å². The van der Waals surface area contributed by atoms with E-state index in [2.05, 4.69) is 11.1 Å². The Kier molecular flexibility index (Phi) is 6.38. The fourth-order valence-electron chi connectivity index (χ4n) is 4.02. The van der Waals surface area contributed by atoms with Gasteiger partial charge < -0.3 is 14.1 Å². The molecular formula is C24H25ClN2O3. The lowest BCUT2D eigenvalue weighted by atomic mass is 10.0. The summed E-state index contributed by atoms with van der Waals surface area (Å²) in [5, 5.41) is 0.619. The molecule has 0 saturated carbocycles. The van der Waals surface area contributed by atoms with E-state index in [-0.39, 0.29) is 11.9 Å². The maximum atomic E-state index is 12.9. The predicted molar refractivity (Wildman–Crippen MR) is 117 cm³/mol. The molecule has 2 aromatic carbocycles. The van der Waals surface area contributed by atoms with Crippen molar-refractivity contribution in [2.24, 2.45) is 0 Å². The number of ether oxygens (including phenoxy) is 1. The molecule has 1 unspecified atom stereocenters. The van der Waals surface area contributed by atoms with Crippen LogP contribution in [-0.4, -0.2) is 35.5 Å². The van der Waals surface area contributed by atoms with Gasteiger partial charge in [-0.1, -0.05) is 35.9 Å². The van der Waals surface area contributed by atoms with Crippen LogP contribution in [0.2, 0.25) is 5.02 Å². The van der Waals surface area contributed by atoms with Crippen LogP contribution < -0.4 is 4.74 Å². The molecule has 4 rings (SSSR count). The highest BCUT2D eigenvalue weighted by Crippen LogP contribution is 2.28. The second kappa shape index (κ2) is 9.35. The van der Waals surface area contributed by atoms with E-state index in [1.165, 1.54) is 5.56 Å². The number of benzene rings is 2. The highest BCUT2D eigenvalue weighted by Gasteiger charge is 2.28. The lowest BCUT2D eigenvalue weighted by molar-refractivity contribution is -0.132. The predicted octanol–water partition coefficient (Wildman–Crippen LogP) is 5.17. The zero-order chi connectivity index (χ0) is 20.9. The fourth-order valence-corrected chi connectivity index (χ4v) is 4.25. The number of likely N-dealkylation sites (tertiary alicyclic amines) is 1. The number of nitrogens with zero attached hydrogens (tertiary/aromatic N) is 2. The summed E-state index contributed by atoms with van der Waals surface area (Å²) in [6.45, 7) is 0.809. The highest BCUT2D eigenvalue weighted by atomic mass is 35.5. The number of carbonyl (C=O) groups is 1. The van der Waals surface area contributed by atoms with Gasteiger partial charge in [-0.25, -0.2) is 4.98 Å². The Bertz CT molecular complexity index is 1020. The molecule has 1 saturated heterocycles. The van der Waals surface area contributed by atoms with Gasteiger partial charge in [-0.15, -0.1) is 0 Å². The summed E-state index contributed by atoms with van der Waals surface area (Å²) >= 11 is 6.23. The summed E-state index contributed by atoms with van der Waals surface area (Å²) in [4.78, 5) is 19.2. The third-order valence-corrected chi connectivity index (χ3v) is 5.88. The Morgan fingerprint density at radius 2 is 2.13 bits per heavy atom. The first kappa shape index (κ1) is 20.5. The van der Waals surface area contributed by atoms with E-state index in [9.17, 15) is 4.79 Å². The van der Waals surface area contributed by atoms with Gasteiger partial charge in [0.2, 0.25) is 5.91 Å². The minimum absolute atomic E-state index is 0.151. The maximum Gasteiger partial charge on any atom is 0.223 e. The van der Waals surface area contributed by atoms with Crippen LogP contribution in [0.25, 0.3) is 11.3 Å². The Morgan fingerprint density at radius 1 is 1.27 bits per heavy atom. The minimum Gasteiger partial charge on any atom is -0.497 e. The Labute approximate surface area is 181 Å². The van der Waals surface area contributed by atoms with E-state index in [1.807, 2.05) is 47.4 Å². The van der Waals surface area contributed by atoms with Crippen LogP contribution in [0.3, 0.4) is 0 Å². The number of oxazole rings is 1. The number of methoxy groups -OCH3 is 1. The van der Waals surface area contributed by atoms with Crippen LogP contribution in [0, 0.1) is 0 Å². The average Bonchev–Trinajstić information content (AvgIpc) is 3.42. The highest BCUT2D eigenvalue weighted by molar-refractivity contribution is 6.33. The van der Waals surface area contributed by atoms with Gasteiger partial charge in [0.15, 0.2) is 11.7 Å². The molecule has 1 atom stereocenters. The van der Waals surface area contributed by atoms with E-state index in [1.54, 1.807) is 13.3 Å². The van der Waals surface area contributed by atoms with Crippen molar-refractivity contribution in [3.8, 4) is 17.1 Å². The van der Waals surface area contributed by atoms with Crippen LogP contribution in [-0.2, 0) is 17.6 Å². The number of carbonyl (C=O) groups excluding carboxylic acids is 1. The Morgan fingerprint density at radius 3 is 2.97 bits per heavy atom. The first-order valence-electron chi connectivity index (χ1n) is 10.3. The maximum absolute atomic E-state index is 12.9. The van der Waals surface area contributed by atoms with Crippen molar-refractivity contribution in [1.29, 1.82) is 0 Å². The molecule has 0 spiro atoms. The molecule has 0 aliphatic carbocycles. The van der Waals surface area contributed by atoms with Gasteiger partial charge in [0.1, 0.15) is 5.75 Å². The Hall–Kier alpha value is -2.79. The van der Waals surface area contributed by atoms with E-state index >= 15 is 0 Å². The molecule has 6 heteroatoms. The quantitative estimate of drug-likeness (QED) is 0.525. The first-order valence-corrected chi connectivity index (χ1v) is 10.6. The molecule has 3 aromatic rings. The number of hydrogen-bond acceptors (Lipinski definition) is 4. The second-order valence-electron chi connectivity index (χ2n) is 7.54. The van der Waals surface area contributed by atoms with Gasteiger partial charge in [0.05, 0.1) is 18.3 Å². The fraction of sp³-hybridized carbons (Fsp3) is 0.333. The number of halogens is 1. The smallest absolute Gasteiger partial charge is 0.223 e. The topological polar surface area (TPSA) is 55.6 Å². The van der Waals surface area contributed by atoms with Crippen molar-refractivity contribution in [3.05, 3.63) is 71.2 Å². The molecule has 2 heterocycles. The summed E-state index contributed by atoms with van der Waals surface area (Å²) in [7, 11) is 1.67. The third-order valence-electron chi connectivity index (χ3n) is 5.55. The molecule has 30 heavy (non-hydrogen) atoms. The standard InChI is InChI=1S/C24H25ClN2O3/c1-29-19-8-4-6-17(15-19)14-18-7-5-13-27(18)24(28)12-11-23-26-16-22(30-23)20-9-2-3-10-21(20)25/h2-4,6,8-10,15-16,18H,5,7,11-14H2,1H3. The molecule has 1 fully saturated rings.